The van der Waals surface area contributed by atoms with Crippen LogP contribution in [0.25, 0.3) is 10.2 Å². The van der Waals surface area contributed by atoms with Gasteiger partial charge in [-0.1, -0.05) is 18.2 Å². The molecule has 9 nitrogen and oxygen atoms in total. The summed E-state index contributed by atoms with van der Waals surface area (Å²) < 4.78 is 5.87. The molecule has 37 heavy (non-hydrogen) atoms. The molecule has 2 aliphatic rings. The van der Waals surface area contributed by atoms with Crippen molar-refractivity contribution in [3.63, 3.8) is 0 Å². The molecular weight excluding hydrogens is 488 g/mol. The molecular formula is C27H22N6O3S. The van der Waals surface area contributed by atoms with Crippen molar-refractivity contribution in [2.45, 2.75) is 18.9 Å². The first-order valence-electron chi connectivity index (χ1n) is 11.9. The third-order valence-electron chi connectivity index (χ3n) is 6.42. The van der Waals surface area contributed by atoms with Crippen molar-refractivity contribution in [1.82, 2.24) is 15.2 Å². The summed E-state index contributed by atoms with van der Waals surface area (Å²) in [6.07, 6.45) is 5.44. The summed E-state index contributed by atoms with van der Waals surface area (Å²) in [7, 11) is 0. The van der Waals surface area contributed by atoms with Crippen molar-refractivity contribution < 1.29 is 14.3 Å². The number of rotatable bonds is 5. The van der Waals surface area contributed by atoms with Gasteiger partial charge in [-0.3, -0.25) is 9.69 Å². The number of aromatic nitrogens is 1. The second-order valence-electron chi connectivity index (χ2n) is 8.85. The Morgan fingerprint density at radius 2 is 1.92 bits per heavy atom. The number of nitrogens with zero attached hydrogens (tertiary/aromatic N) is 4. The molecule has 2 aromatic carbocycles. The summed E-state index contributed by atoms with van der Waals surface area (Å²) in [4.78, 5) is 35.3. The Morgan fingerprint density at radius 1 is 1.14 bits per heavy atom. The lowest BCUT2D eigenvalue weighted by Gasteiger charge is -2.30. The van der Waals surface area contributed by atoms with Crippen LogP contribution >= 0.6 is 11.3 Å². The third-order valence-corrected chi connectivity index (χ3v) is 7.52. The maximum absolute atomic E-state index is 13.3. The van der Waals surface area contributed by atoms with E-state index >= 15 is 0 Å². The summed E-state index contributed by atoms with van der Waals surface area (Å²) >= 11 is 1.25. The Labute approximate surface area is 216 Å². The van der Waals surface area contributed by atoms with Crippen LogP contribution in [-0.4, -0.2) is 41.0 Å². The van der Waals surface area contributed by atoms with E-state index < -0.39 is 0 Å². The monoisotopic (exact) mass is 510 g/mol. The summed E-state index contributed by atoms with van der Waals surface area (Å²) in [6, 6.07) is 18.0. The molecule has 3 amide bonds. The Morgan fingerprint density at radius 3 is 2.70 bits per heavy atom. The highest BCUT2D eigenvalue weighted by Crippen LogP contribution is 2.45. The predicted molar refractivity (Wildman–Crippen MR) is 141 cm³/mol. The SMILES string of the molecule is N#CN1CCC[C@@H](NC(=O)c2sc3nccc4c3c2NC(=O)N4c2ccc(Oc3ccccc3)cc2)C1. The molecule has 0 saturated carbocycles. The number of nitriles is 1. The number of ether oxygens (including phenoxy) is 1. The number of carbonyl (C=O) groups excluding carboxylic acids is 2. The van der Waals surface area contributed by atoms with E-state index in [2.05, 4.69) is 21.8 Å². The molecule has 2 aromatic heterocycles. The maximum Gasteiger partial charge on any atom is 0.331 e. The van der Waals surface area contributed by atoms with Crippen molar-refractivity contribution in [2.24, 2.45) is 0 Å². The number of para-hydroxylation sites is 1. The first-order valence-corrected chi connectivity index (χ1v) is 12.7. The van der Waals surface area contributed by atoms with Crippen LogP contribution in [0.15, 0.2) is 66.9 Å². The molecule has 184 valence electrons. The quantitative estimate of drug-likeness (QED) is 0.346. The van der Waals surface area contributed by atoms with Gasteiger partial charge in [-0.25, -0.2) is 9.78 Å². The van der Waals surface area contributed by atoms with E-state index in [1.54, 1.807) is 22.1 Å². The van der Waals surface area contributed by atoms with Gasteiger partial charge in [0.25, 0.3) is 5.91 Å². The molecule has 0 spiro atoms. The normalized spacial score (nSPS) is 16.7. The van der Waals surface area contributed by atoms with Crippen LogP contribution in [0, 0.1) is 11.5 Å². The number of hydrogen-bond acceptors (Lipinski definition) is 7. The van der Waals surface area contributed by atoms with Gasteiger partial charge < -0.3 is 20.3 Å². The molecule has 4 heterocycles. The zero-order valence-corrected chi connectivity index (χ0v) is 20.5. The van der Waals surface area contributed by atoms with Gasteiger partial charge in [0, 0.05) is 25.3 Å². The van der Waals surface area contributed by atoms with E-state index in [9.17, 15) is 14.9 Å². The van der Waals surface area contributed by atoms with Gasteiger partial charge >= 0.3 is 6.03 Å². The Hall–Kier alpha value is -4.62. The van der Waals surface area contributed by atoms with Crippen LogP contribution in [0.4, 0.5) is 21.9 Å². The molecule has 0 radical (unpaired) electrons. The summed E-state index contributed by atoms with van der Waals surface area (Å²) in [6.45, 7) is 1.19. The minimum Gasteiger partial charge on any atom is -0.457 e. The van der Waals surface area contributed by atoms with Gasteiger partial charge in [0.1, 0.15) is 21.2 Å². The van der Waals surface area contributed by atoms with Gasteiger partial charge in [-0.15, -0.1) is 11.3 Å². The third kappa shape index (κ3) is 4.30. The number of amides is 3. The van der Waals surface area contributed by atoms with Crippen molar-refractivity contribution in [2.75, 3.05) is 23.3 Å². The fraction of sp³-hybridized carbons (Fsp3) is 0.185. The lowest BCUT2D eigenvalue weighted by molar-refractivity contribution is 0.0923. The number of likely N-dealkylation sites (tertiary alicyclic amines) is 1. The average Bonchev–Trinajstić information content (AvgIpc) is 3.30. The molecule has 0 aliphatic carbocycles. The largest absolute Gasteiger partial charge is 0.457 e. The smallest absolute Gasteiger partial charge is 0.331 e. The standard InChI is InChI=1S/C27H22N6O3S/c28-16-32-14-4-5-17(15-32)30-25(34)24-23-22-21(12-13-29-26(22)37-24)33(27(35)31-23)18-8-10-20(11-9-18)36-19-6-2-1-3-7-19/h1-3,6-13,17H,4-5,14-15H2,(H,30,34)(H,31,35)/t17-/m1/s1. The molecule has 0 unspecified atom stereocenters. The highest BCUT2D eigenvalue weighted by Gasteiger charge is 2.33. The van der Waals surface area contributed by atoms with E-state index in [-0.39, 0.29) is 18.0 Å². The number of nitrogens with one attached hydrogen (secondary N) is 2. The number of thiophene rings is 1. The van der Waals surface area contributed by atoms with Crippen LogP contribution in [0.2, 0.25) is 0 Å². The van der Waals surface area contributed by atoms with E-state index in [1.807, 2.05) is 54.6 Å². The predicted octanol–water partition coefficient (Wildman–Crippen LogP) is 5.45. The Kier molecular flexibility index (Phi) is 5.82. The van der Waals surface area contributed by atoms with Crippen molar-refractivity contribution in [3.8, 4) is 17.7 Å². The Balaban J connectivity index is 1.29. The molecule has 4 aromatic rings. The number of benzene rings is 2. The van der Waals surface area contributed by atoms with Crippen molar-refractivity contribution in [3.05, 3.63) is 71.7 Å². The van der Waals surface area contributed by atoms with E-state index in [0.717, 1.165) is 24.0 Å². The number of urea groups is 1. The number of pyridine rings is 1. The van der Waals surface area contributed by atoms with Crippen molar-refractivity contribution >= 4 is 50.6 Å². The van der Waals surface area contributed by atoms with E-state index in [0.29, 0.717) is 45.6 Å². The molecule has 10 heteroatoms. The molecule has 2 aliphatic heterocycles. The maximum atomic E-state index is 13.3. The molecule has 1 saturated heterocycles. The lowest BCUT2D eigenvalue weighted by Crippen LogP contribution is -2.46. The van der Waals surface area contributed by atoms with Gasteiger partial charge in [0.15, 0.2) is 6.19 Å². The van der Waals surface area contributed by atoms with Gasteiger partial charge in [0.05, 0.1) is 22.4 Å². The Bertz CT molecular complexity index is 1530. The van der Waals surface area contributed by atoms with Crippen LogP contribution < -0.4 is 20.3 Å². The van der Waals surface area contributed by atoms with Gasteiger partial charge in [0.2, 0.25) is 0 Å². The van der Waals surface area contributed by atoms with Crippen molar-refractivity contribution in [1.29, 1.82) is 5.26 Å². The van der Waals surface area contributed by atoms with Gasteiger partial charge in [-0.2, -0.15) is 5.26 Å². The number of carbonyl (C=O) groups is 2. The number of hydrogen-bond donors (Lipinski definition) is 2. The number of piperidine rings is 1. The highest BCUT2D eigenvalue weighted by molar-refractivity contribution is 7.21. The fourth-order valence-electron chi connectivity index (χ4n) is 4.73. The molecule has 6 rings (SSSR count). The fourth-order valence-corrected chi connectivity index (χ4v) is 5.75. The first-order chi connectivity index (χ1) is 18.1. The first kappa shape index (κ1) is 22.8. The second-order valence-corrected chi connectivity index (χ2v) is 9.85. The minimum atomic E-state index is -0.363. The second kappa shape index (κ2) is 9.44. The highest BCUT2D eigenvalue weighted by atomic mass is 32.1. The lowest BCUT2D eigenvalue weighted by atomic mass is 10.1. The summed E-state index contributed by atoms with van der Waals surface area (Å²) in [5.41, 5.74) is 1.79. The molecule has 1 fully saturated rings. The van der Waals surface area contributed by atoms with Crippen LogP contribution in [0.3, 0.4) is 0 Å². The van der Waals surface area contributed by atoms with Crippen LogP contribution in [0.5, 0.6) is 11.5 Å². The number of anilines is 3. The average molecular weight is 511 g/mol. The van der Waals surface area contributed by atoms with Crippen LogP contribution in [-0.2, 0) is 0 Å². The molecule has 0 bridgehead atoms. The van der Waals surface area contributed by atoms with Gasteiger partial charge in [-0.05, 0) is 55.3 Å². The topological polar surface area (TPSA) is 111 Å². The zero-order valence-electron chi connectivity index (χ0n) is 19.7. The zero-order chi connectivity index (χ0) is 25.4. The molecule has 2 N–H and O–H groups in total. The van der Waals surface area contributed by atoms with E-state index in [1.165, 1.54) is 11.3 Å². The van der Waals surface area contributed by atoms with Crippen LogP contribution in [0.1, 0.15) is 22.5 Å². The summed E-state index contributed by atoms with van der Waals surface area (Å²) in [5, 5.41) is 15.9. The van der Waals surface area contributed by atoms with E-state index in [4.69, 9.17) is 4.74 Å². The molecule has 1 atom stereocenters. The summed E-state index contributed by atoms with van der Waals surface area (Å²) in [5.74, 6) is 1.11. The minimum absolute atomic E-state index is 0.127.